The summed E-state index contributed by atoms with van der Waals surface area (Å²) in [6.07, 6.45) is 5.38. The van der Waals surface area contributed by atoms with Crippen LogP contribution in [0.15, 0.2) is 29.2 Å². The molecule has 1 aromatic rings. The van der Waals surface area contributed by atoms with Gasteiger partial charge in [-0.25, -0.2) is 0 Å². The molecule has 0 aliphatic heterocycles. The van der Waals surface area contributed by atoms with E-state index in [0.29, 0.717) is 12.8 Å². The van der Waals surface area contributed by atoms with Crippen molar-refractivity contribution in [3.63, 3.8) is 0 Å². The number of nitrogens with one attached hydrogen (secondary N) is 1. The van der Waals surface area contributed by atoms with Gasteiger partial charge in [0, 0.05) is 6.42 Å². The van der Waals surface area contributed by atoms with Gasteiger partial charge >= 0.3 is 0 Å². The minimum atomic E-state index is -4.46. The predicted molar refractivity (Wildman–Crippen MR) is 147 cm³/mol. The van der Waals surface area contributed by atoms with Crippen LogP contribution in [-0.2, 0) is 14.9 Å². The first-order chi connectivity index (χ1) is 18.3. The first-order valence-electron chi connectivity index (χ1n) is 14.7. The molecule has 218 valence electrons. The molecule has 9 heteroatoms. The molecule has 1 amide bonds. The van der Waals surface area contributed by atoms with Crippen molar-refractivity contribution in [3.8, 4) is 0 Å². The standard InChI is InChI=1S/C30H45NO7S/c1-17(8-11-27(35)31-23-6-4-5-7-25(23)39(36,37)38)20-9-10-21-28-22(16-26(34)30(20,21)3)29(2)13-12-19(32)14-18(29)15-24(28)33/h4-7,17-22,24,26,28,32-34H,8-16H2,1-3H3,(H,31,35)(H,36,37,38)/t17?,18?,19-,20-,21?,22?,24-,26+,28?,29+,30-/m1/s1. The summed E-state index contributed by atoms with van der Waals surface area (Å²) in [6.45, 7) is 6.66. The summed E-state index contributed by atoms with van der Waals surface area (Å²) in [5, 5.41) is 36.1. The van der Waals surface area contributed by atoms with E-state index in [0.717, 1.165) is 38.5 Å². The molecule has 0 bridgehead atoms. The second-order valence-corrected chi connectivity index (χ2v) is 15.0. The average molecular weight is 564 g/mol. The highest BCUT2D eigenvalue weighted by atomic mass is 32.2. The van der Waals surface area contributed by atoms with E-state index >= 15 is 0 Å². The first kappa shape index (κ1) is 29.0. The maximum atomic E-state index is 12.8. The Bertz CT molecular complexity index is 1190. The maximum Gasteiger partial charge on any atom is 0.296 e. The third-order valence-electron chi connectivity index (χ3n) is 11.8. The summed E-state index contributed by atoms with van der Waals surface area (Å²) in [7, 11) is -4.46. The number of hydrogen-bond acceptors (Lipinski definition) is 6. The Balaban J connectivity index is 1.28. The van der Waals surface area contributed by atoms with Crippen molar-refractivity contribution in [2.45, 2.75) is 102 Å². The third-order valence-corrected chi connectivity index (χ3v) is 12.7. The van der Waals surface area contributed by atoms with E-state index in [4.69, 9.17) is 0 Å². The van der Waals surface area contributed by atoms with E-state index in [1.54, 1.807) is 6.07 Å². The number of para-hydroxylation sites is 1. The summed E-state index contributed by atoms with van der Waals surface area (Å²) >= 11 is 0. The highest BCUT2D eigenvalue weighted by molar-refractivity contribution is 7.86. The molecule has 4 saturated carbocycles. The lowest BCUT2D eigenvalue weighted by atomic mass is 9.43. The maximum absolute atomic E-state index is 12.8. The van der Waals surface area contributed by atoms with Crippen molar-refractivity contribution < 1.29 is 33.1 Å². The number of hydrogen-bond donors (Lipinski definition) is 5. The molecule has 4 aliphatic rings. The lowest BCUT2D eigenvalue weighted by Gasteiger charge is -2.63. The van der Waals surface area contributed by atoms with Gasteiger partial charge in [-0.2, -0.15) is 8.42 Å². The minimum absolute atomic E-state index is 0.0333. The Morgan fingerprint density at radius 1 is 1.05 bits per heavy atom. The van der Waals surface area contributed by atoms with E-state index < -0.39 is 22.3 Å². The summed E-state index contributed by atoms with van der Waals surface area (Å²) < 4.78 is 32.8. The predicted octanol–water partition coefficient (Wildman–Crippen LogP) is 4.25. The van der Waals surface area contributed by atoms with Gasteiger partial charge in [0.1, 0.15) is 4.90 Å². The number of aliphatic hydroxyl groups excluding tert-OH is 3. The van der Waals surface area contributed by atoms with Crippen molar-refractivity contribution in [2.75, 3.05) is 5.32 Å². The van der Waals surface area contributed by atoms with E-state index in [-0.39, 0.29) is 75.4 Å². The molecule has 0 saturated heterocycles. The van der Waals surface area contributed by atoms with Crippen LogP contribution in [-0.4, -0.2) is 52.5 Å². The van der Waals surface area contributed by atoms with Crippen LogP contribution >= 0.6 is 0 Å². The van der Waals surface area contributed by atoms with E-state index in [2.05, 4.69) is 26.1 Å². The van der Waals surface area contributed by atoms with Crippen LogP contribution in [0.25, 0.3) is 0 Å². The van der Waals surface area contributed by atoms with Gasteiger partial charge in [-0.3, -0.25) is 9.35 Å². The zero-order valence-electron chi connectivity index (χ0n) is 23.3. The summed E-state index contributed by atoms with van der Waals surface area (Å²) in [5.41, 5.74) is -0.244. The summed E-state index contributed by atoms with van der Waals surface area (Å²) in [6, 6.07) is 5.79. The van der Waals surface area contributed by atoms with Gasteiger partial charge in [-0.15, -0.1) is 0 Å². The Hall–Kier alpha value is -1.52. The second kappa shape index (κ2) is 10.4. The van der Waals surface area contributed by atoms with Crippen molar-refractivity contribution in [1.82, 2.24) is 0 Å². The topological polar surface area (TPSA) is 144 Å². The molecule has 4 fully saturated rings. The van der Waals surface area contributed by atoms with E-state index in [9.17, 15) is 33.1 Å². The van der Waals surface area contributed by atoms with Gasteiger partial charge in [0.2, 0.25) is 5.91 Å². The fourth-order valence-corrected chi connectivity index (χ4v) is 10.3. The smallest absolute Gasteiger partial charge is 0.296 e. The van der Waals surface area contributed by atoms with Crippen LogP contribution in [0.1, 0.15) is 78.6 Å². The molecule has 0 radical (unpaired) electrons. The van der Waals surface area contributed by atoms with Crippen molar-refractivity contribution in [2.24, 2.45) is 46.3 Å². The van der Waals surface area contributed by atoms with Gasteiger partial charge in [0.05, 0.1) is 24.0 Å². The molecule has 5 unspecified atom stereocenters. The number of carbonyl (C=O) groups excluding carboxylic acids is 1. The Labute approximate surface area is 232 Å². The third kappa shape index (κ3) is 4.96. The van der Waals surface area contributed by atoms with Crippen LogP contribution < -0.4 is 5.32 Å². The molecule has 0 spiro atoms. The van der Waals surface area contributed by atoms with E-state index in [1.165, 1.54) is 18.2 Å². The molecule has 4 aliphatic carbocycles. The van der Waals surface area contributed by atoms with Crippen LogP contribution in [0.4, 0.5) is 5.69 Å². The fourth-order valence-electron chi connectivity index (χ4n) is 9.70. The number of carbonyl (C=O) groups is 1. The van der Waals surface area contributed by atoms with Gasteiger partial charge in [0.25, 0.3) is 10.1 Å². The Morgan fingerprint density at radius 3 is 2.49 bits per heavy atom. The van der Waals surface area contributed by atoms with Crippen LogP contribution in [0.2, 0.25) is 0 Å². The summed E-state index contributed by atoms with van der Waals surface area (Å²) in [4.78, 5) is 12.4. The lowest BCUT2D eigenvalue weighted by molar-refractivity contribution is -0.207. The summed E-state index contributed by atoms with van der Waals surface area (Å²) in [5.74, 6) is 0.943. The van der Waals surface area contributed by atoms with Crippen molar-refractivity contribution in [1.29, 1.82) is 0 Å². The Kier molecular flexibility index (Phi) is 7.72. The molecule has 0 heterocycles. The van der Waals surface area contributed by atoms with Gasteiger partial charge < -0.3 is 20.6 Å². The number of benzene rings is 1. The molecule has 1 aromatic carbocycles. The molecule has 5 N–H and O–H groups in total. The number of anilines is 1. The van der Waals surface area contributed by atoms with Crippen LogP contribution in [0.5, 0.6) is 0 Å². The number of amides is 1. The van der Waals surface area contributed by atoms with Gasteiger partial charge in [0.15, 0.2) is 0 Å². The Morgan fingerprint density at radius 2 is 1.77 bits per heavy atom. The molecular formula is C30H45NO7S. The first-order valence-corrected chi connectivity index (χ1v) is 16.1. The molecule has 39 heavy (non-hydrogen) atoms. The highest BCUT2D eigenvalue weighted by Crippen LogP contribution is 2.68. The molecular weight excluding hydrogens is 518 g/mol. The zero-order valence-corrected chi connectivity index (χ0v) is 24.1. The van der Waals surface area contributed by atoms with Crippen LogP contribution in [0, 0.1) is 46.3 Å². The molecule has 5 rings (SSSR count). The zero-order chi connectivity index (χ0) is 28.3. The van der Waals surface area contributed by atoms with Gasteiger partial charge in [-0.05, 0) is 110 Å². The lowest BCUT2D eigenvalue weighted by Crippen LogP contribution is -2.62. The molecule has 0 aromatic heterocycles. The number of fused-ring (bicyclic) bond motifs is 5. The normalized spacial score (nSPS) is 42.6. The van der Waals surface area contributed by atoms with E-state index in [1.807, 2.05) is 0 Å². The van der Waals surface area contributed by atoms with Crippen LogP contribution in [0.3, 0.4) is 0 Å². The van der Waals surface area contributed by atoms with Crippen molar-refractivity contribution >= 4 is 21.7 Å². The average Bonchev–Trinajstić information content (AvgIpc) is 3.22. The molecule has 11 atom stereocenters. The second-order valence-electron chi connectivity index (χ2n) is 13.6. The highest BCUT2D eigenvalue weighted by Gasteiger charge is 2.65. The van der Waals surface area contributed by atoms with Gasteiger partial charge in [-0.1, -0.05) is 32.9 Å². The van der Waals surface area contributed by atoms with Crippen molar-refractivity contribution in [3.05, 3.63) is 24.3 Å². The largest absolute Gasteiger partial charge is 0.393 e. The molecule has 8 nitrogen and oxygen atoms in total. The SMILES string of the molecule is CC(CCC(=O)Nc1ccccc1S(=O)(=O)O)[C@H]1CCC2C3C(C[C@H](O)[C@@]21C)[C@@]1(C)CC[C@@H](O)CC1C[C@H]3O. The minimum Gasteiger partial charge on any atom is -0.393 e. The quantitative estimate of drug-likeness (QED) is 0.326. The monoisotopic (exact) mass is 563 g/mol. The number of aliphatic hydroxyl groups is 3. The number of rotatable bonds is 6. The fraction of sp³-hybridized carbons (Fsp3) is 0.767.